The molecule has 2 aromatic rings. The van der Waals surface area contributed by atoms with E-state index in [2.05, 4.69) is 20.9 Å². The van der Waals surface area contributed by atoms with Gasteiger partial charge in [0.2, 0.25) is 0 Å². The van der Waals surface area contributed by atoms with Gasteiger partial charge in [-0.2, -0.15) is 0 Å². The van der Waals surface area contributed by atoms with Crippen molar-refractivity contribution in [3.63, 3.8) is 0 Å². The fourth-order valence-corrected chi connectivity index (χ4v) is 2.83. The smallest absolute Gasteiger partial charge is 0.137 e. The van der Waals surface area contributed by atoms with Crippen LogP contribution in [0, 0.1) is 5.82 Å². The first-order valence-electron chi connectivity index (χ1n) is 5.64. The van der Waals surface area contributed by atoms with Crippen molar-refractivity contribution in [3.8, 4) is 11.3 Å². The number of nitrogens with zero attached hydrogens (tertiary/aromatic N) is 1. The molecule has 96 valence electrons. The molecule has 2 rings (SSSR count). The van der Waals surface area contributed by atoms with E-state index in [0.29, 0.717) is 4.47 Å². The van der Waals surface area contributed by atoms with Crippen LogP contribution < -0.4 is 5.73 Å². The van der Waals surface area contributed by atoms with Crippen molar-refractivity contribution in [3.05, 3.63) is 38.9 Å². The molecule has 0 radical (unpaired) electrons. The normalized spacial score (nSPS) is 14.5. The molecule has 0 saturated carbocycles. The molecule has 1 aromatic heterocycles. The molecule has 0 fully saturated rings. The third kappa shape index (κ3) is 2.63. The number of hydrogen-bond acceptors (Lipinski definition) is 3. The molecule has 18 heavy (non-hydrogen) atoms. The second kappa shape index (κ2) is 5.07. The van der Waals surface area contributed by atoms with E-state index >= 15 is 0 Å². The lowest BCUT2D eigenvalue weighted by atomic mass is 10.0. The minimum atomic E-state index is -0.403. The molecule has 0 spiro atoms. The summed E-state index contributed by atoms with van der Waals surface area (Å²) in [6.07, 6.45) is 0.826. The number of hydrogen-bond donors (Lipinski definition) is 1. The average molecular weight is 329 g/mol. The monoisotopic (exact) mass is 328 g/mol. The van der Waals surface area contributed by atoms with Crippen LogP contribution in [0.3, 0.4) is 0 Å². The Bertz CT molecular complexity index is 566. The molecule has 1 atom stereocenters. The van der Waals surface area contributed by atoms with E-state index in [4.69, 9.17) is 5.73 Å². The van der Waals surface area contributed by atoms with Gasteiger partial charge >= 0.3 is 0 Å². The highest BCUT2D eigenvalue weighted by atomic mass is 79.9. The van der Waals surface area contributed by atoms with E-state index in [1.807, 2.05) is 19.2 Å². The lowest BCUT2D eigenvalue weighted by molar-refractivity contribution is 0.474. The zero-order valence-corrected chi connectivity index (χ0v) is 12.6. The zero-order valence-electron chi connectivity index (χ0n) is 10.2. The minimum absolute atomic E-state index is 0.272. The summed E-state index contributed by atoms with van der Waals surface area (Å²) in [6, 6.07) is 4.88. The van der Waals surface area contributed by atoms with E-state index < -0.39 is 5.54 Å². The largest absolute Gasteiger partial charge is 0.320 e. The summed E-state index contributed by atoms with van der Waals surface area (Å²) in [6.45, 7) is 4.01. The van der Waals surface area contributed by atoms with E-state index in [9.17, 15) is 4.39 Å². The van der Waals surface area contributed by atoms with Gasteiger partial charge in [-0.3, -0.25) is 0 Å². The van der Waals surface area contributed by atoms with Crippen molar-refractivity contribution in [2.45, 2.75) is 25.8 Å². The van der Waals surface area contributed by atoms with Gasteiger partial charge in [-0.05, 0) is 47.5 Å². The van der Waals surface area contributed by atoms with Crippen LogP contribution in [0.15, 0.2) is 28.1 Å². The molecule has 0 saturated heterocycles. The molecule has 1 unspecified atom stereocenters. The highest BCUT2D eigenvalue weighted by Gasteiger charge is 2.22. The first kappa shape index (κ1) is 13.6. The number of aromatic nitrogens is 1. The summed E-state index contributed by atoms with van der Waals surface area (Å²) in [7, 11) is 0. The second-order valence-electron chi connectivity index (χ2n) is 4.44. The van der Waals surface area contributed by atoms with Crippen LogP contribution in [-0.4, -0.2) is 4.98 Å². The van der Waals surface area contributed by atoms with Gasteiger partial charge in [-0.15, -0.1) is 11.3 Å². The fourth-order valence-electron chi connectivity index (χ4n) is 1.48. The van der Waals surface area contributed by atoms with Crippen molar-refractivity contribution in [2.24, 2.45) is 5.73 Å². The highest BCUT2D eigenvalue weighted by Crippen LogP contribution is 2.30. The van der Waals surface area contributed by atoms with Crippen LogP contribution in [0.2, 0.25) is 0 Å². The Morgan fingerprint density at radius 3 is 2.83 bits per heavy atom. The van der Waals surface area contributed by atoms with Crippen LogP contribution in [-0.2, 0) is 5.54 Å². The highest BCUT2D eigenvalue weighted by molar-refractivity contribution is 9.10. The van der Waals surface area contributed by atoms with E-state index in [0.717, 1.165) is 22.7 Å². The number of nitrogens with two attached hydrogens (primary N) is 1. The third-order valence-corrected chi connectivity index (χ3v) is 4.67. The second-order valence-corrected chi connectivity index (χ2v) is 6.15. The van der Waals surface area contributed by atoms with E-state index in [1.165, 1.54) is 6.07 Å². The predicted octanol–water partition coefficient (Wildman–Crippen LogP) is 4.30. The van der Waals surface area contributed by atoms with Gasteiger partial charge < -0.3 is 5.73 Å². The van der Waals surface area contributed by atoms with Crippen LogP contribution in [0.5, 0.6) is 0 Å². The van der Waals surface area contributed by atoms with E-state index in [1.54, 1.807) is 23.5 Å². The van der Waals surface area contributed by atoms with Gasteiger partial charge in [0, 0.05) is 10.9 Å². The minimum Gasteiger partial charge on any atom is -0.320 e. The molecular formula is C13H14BrFN2S. The third-order valence-electron chi connectivity index (χ3n) is 2.94. The van der Waals surface area contributed by atoms with E-state index in [-0.39, 0.29) is 5.82 Å². The number of rotatable bonds is 3. The Balaban J connectivity index is 2.38. The molecule has 2 N–H and O–H groups in total. The van der Waals surface area contributed by atoms with Crippen molar-refractivity contribution in [2.75, 3.05) is 0 Å². The summed E-state index contributed by atoms with van der Waals surface area (Å²) in [5.74, 6) is -0.272. The van der Waals surface area contributed by atoms with Crippen molar-refractivity contribution in [1.82, 2.24) is 4.98 Å². The van der Waals surface area contributed by atoms with Crippen molar-refractivity contribution in [1.29, 1.82) is 0 Å². The summed E-state index contributed by atoms with van der Waals surface area (Å²) >= 11 is 4.72. The van der Waals surface area contributed by atoms with Crippen LogP contribution in [0.25, 0.3) is 11.3 Å². The van der Waals surface area contributed by atoms with Gasteiger partial charge in [0.1, 0.15) is 10.8 Å². The summed E-state index contributed by atoms with van der Waals surface area (Å²) in [4.78, 5) is 4.54. The van der Waals surface area contributed by atoms with Crippen molar-refractivity contribution < 1.29 is 4.39 Å². The molecular weight excluding hydrogens is 315 g/mol. The summed E-state index contributed by atoms with van der Waals surface area (Å²) in [5, 5.41) is 2.86. The van der Waals surface area contributed by atoms with Crippen LogP contribution >= 0.6 is 27.3 Å². The average Bonchev–Trinajstić information content (AvgIpc) is 2.83. The molecule has 0 aliphatic rings. The molecule has 0 aliphatic carbocycles. The van der Waals surface area contributed by atoms with Crippen LogP contribution in [0.4, 0.5) is 4.39 Å². The molecule has 1 heterocycles. The van der Waals surface area contributed by atoms with Gasteiger partial charge in [0.25, 0.3) is 0 Å². The summed E-state index contributed by atoms with van der Waals surface area (Å²) < 4.78 is 13.6. The first-order chi connectivity index (χ1) is 8.44. The lowest BCUT2D eigenvalue weighted by Crippen LogP contribution is -2.31. The Hall–Kier alpha value is -0.780. The van der Waals surface area contributed by atoms with Gasteiger partial charge in [0.15, 0.2) is 0 Å². The van der Waals surface area contributed by atoms with Gasteiger partial charge in [-0.25, -0.2) is 9.37 Å². The van der Waals surface area contributed by atoms with Gasteiger partial charge in [-0.1, -0.05) is 6.92 Å². The number of thiazole rings is 1. The zero-order chi connectivity index (χ0) is 13.3. The fraction of sp³-hybridized carbons (Fsp3) is 0.308. The predicted molar refractivity (Wildman–Crippen MR) is 77.0 cm³/mol. The maximum atomic E-state index is 13.2. The topological polar surface area (TPSA) is 38.9 Å². The standard InChI is InChI=1S/C13H14BrFN2S/c1-3-13(2,16)12-17-11(7-18-12)8-4-5-10(15)9(14)6-8/h4-7H,3,16H2,1-2H3. The molecule has 2 nitrogen and oxygen atoms in total. The molecule has 0 aliphatic heterocycles. The molecule has 1 aromatic carbocycles. The first-order valence-corrected chi connectivity index (χ1v) is 7.31. The molecule has 0 bridgehead atoms. The quantitative estimate of drug-likeness (QED) is 0.912. The Labute approximate surface area is 118 Å². The van der Waals surface area contributed by atoms with Crippen LogP contribution in [0.1, 0.15) is 25.3 Å². The SMILES string of the molecule is CCC(C)(N)c1nc(-c2ccc(F)c(Br)c2)cs1. The Kier molecular flexibility index (Phi) is 3.84. The number of benzene rings is 1. The Morgan fingerprint density at radius 1 is 1.50 bits per heavy atom. The Morgan fingerprint density at radius 2 is 2.22 bits per heavy atom. The lowest BCUT2D eigenvalue weighted by Gasteiger charge is -2.18. The number of halogens is 2. The maximum Gasteiger partial charge on any atom is 0.137 e. The van der Waals surface area contributed by atoms with Crippen molar-refractivity contribution >= 4 is 27.3 Å². The molecule has 5 heteroatoms. The molecule has 0 amide bonds. The van der Waals surface area contributed by atoms with Gasteiger partial charge in [0.05, 0.1) is 15.7 Å². The summed E-state index contributed by atoms with van der Waals surface area (Å²) in [5.41, 5.74) is 7.48. The maximum absolute atomic E-state index is 13.2.